The lowest BCUT2D eigenvalue weighted by Gasteiger charge is -2.12. The molecule has 4 aromatic rings. The average Bonchev–Trinajstić information content (AvgIpc) is 2.76. The average molecular weight is 363 g/mol. The van der Waals surface area contributed by atoms with Crippen LogP contribution in [0, 0.1) is 22.7 Å². The SMILES string of the molecule is N#Cc1ccc(Cn2nc(-c3cccnc3C#N)c3ccccc3c2=O)cc1. The second-order valence-corrected chi connectivity index (χ2v) is 6.18. The monoisotopic (exact) mass is 363 g/mol. The standard InChI is InChI=1S/C22H13N5O/c23-12-15-7-9-16(10-8-15)14-27-22(28)18-5-2-1-4-17(18)21(26-27)19-6-3-11-25-20(19)13-24/h1-11H,14H2. The minimum atomic E-state index is -0.217. The van der Waals surface area contributed by atoms with Crippen LogP contribution in [0.5, 0.6) is 0 Å². The molecule has 6 heteroatoms. The molecule has 0 radical (unpaired) electrons. The second-order valence-electron chi connectivity index (χ2n) is 6.18. The Labute approximate surface area is 160 Å². The first-order valence-electron chi connectivity index (χ1n) is 8.55. The van der Waals surface area contributed by atoms with Crippen LogP contribution in [0.2, 0.25) is 0 Å². The first-order chi connectivity index (χ1) is 13.7. The van der Waals surface area contributed by atoms with Crippen molar-refractivity contribution < 1.29 is 0 Å². The maximum absolute atomic E-state index is 13.0. The highest BCUT2D eigenvalue weighted by molar-refractivity contribution is 5.94. The van der Waals surface area contributed by atoms with Gasteiger partial charge in [0.15, 0.2) is 0 Å². The minimum absolute atomic E-state index is 0.217. The molecule has 0 unspecified atom stereocenters. The highest BCUT2D eigenvalue weighted by Crippen LogP contribution is 2.26. The molecule has 0 N–H and O–H groups in total. The number of aromatic nitrogens is 3. The van der Waals surface area contributed by atoms with Crippen molar-refractivity contribution in [1.82, 2.24) is 14.8 Å². The summed E-state index contributed by atoms with van der Waals surface area (Å²) in [4.78, 5) is 17.1. The van der Waals surface area contributed by atoms with E-state index in [0.717, 1.165) is 5.56 Å². The normalized spacial score (nSPS) is 10.4. The predicted octanol–water partition coefficient (Wildman–Crippen LogP) is 3.25. The third-order valence-electron chi connectivity index (χ3n) is 4.45. The van der Waals surface area contributed by atoms with Crippen LogP contribution in [-0.4, -0.2) is 14.8 Å². The summed E-state index contributed by atoms with van der Waals surface area (Å²) in [5, 5.41) is 24.1. The van der Waals surface area contributed by atoms with E-state index in [9.17, 15) is 10.1 Å². The van der Waals surface area contributed by atoms with E-state index in [1.54, 1.807) is 54.7 Å². The Bertz CT molecular complexity index is 1320. The van der Waals surface area contributed by atoms with Gasteiger partial charge < -0.3 is 0 Å². The van der Waals surface area contributed by atoms with Gasteiger partial charge in [0.2, 0.25) is 0 Å². The van der Waals surface area contributed by atoms with Gasteiger partial charge >= 0.3 is 0 Å². The maximum Gasteiger partial charge on any atom is 0.274 e. The fraction of sp³-hybridized carbons (Fsp3) is 0.0455. The topological polar surface area (TPSA) is 95.4 Å². The molecule has 0 bridgehead atoms. The zero-order chi connectivity index (χ0) is 19.5. The van der Waals surface area contributed by atoms with E-state index in [1.165, 1.54) is 4.68 Å². The lowest BCUT2D eigenvalue weighted by Crippen LogP contribution is -2.24. The Kier molecular flexibility index (Phi) is 4.37. The summed E-state index contributed by atoms with van der Waals surface area (Å²) < 4.78 is 1.38. The number of pyridine rings is 1. The Morgan fingerprint density at radius 3 is 2.36 bits per heavy atom. The number of nitrogens with zero attached hydrogens (tertiary/aromatic N) is 5. The van der Waals surface area contributed by atoms with E-state index < -0.39 is 0 Å². The molecule has 0 saturated carbocycles. The highest BCUT2D eigenvalue weighted by Gasteiger charge is 2.15. The van der Waals surface area contributed by atoms with Crippen molar-refractivity contribution in [2.45, 2.75) is 6.54 Å². The fourth-order valence-corrected chi connectivity index (χ4v) is 3.08. The van der Waals surface area contributed by atoms with Crippen molar-refractivity contribution in [3.05, 3.63) is 94.0 Å². The molecular formula is C22H13N5O. The predicted molar refractivity (Wildman–Crippen MR) is 104 cm³/mol. The molecule has 0 atom stereocenters. The Balaban J connectivity index is 1.93. The molecular weight excluding hydrogens is 350 g/mol. The van der Waals surface area contributed by atoms with Gasteiger partial charge in [0.1, 0.15) is 17.5 Å². The van der Waals surface area contributed by atoms with Crippen LogP contribution in [0.15, 0.2) is 71.7 Å². The molecule has 0 aliphatic heterocycles. The summed E-state index contributed by atoms with van der Waals surface area (Å²) in [7, 11) is 0. The Morgan fingerprint density at radius 2 is 1.64 bits per heavy atom. The fourth-order valence-electron chi connectivity index (χ4n) is 3.08. The molecule has 0 aliphatic rings. The van der Waals surface area contributed by atoms with Crippen LogP contribution in [-0.2, 0) is 6.54 Å². The molecule has 0 saturated heterocycles. The number of nitriles is 2. The molecule has 132 valence electrons. The molecule has 0 aliphatic carbocycles. The van der Waals surface area contributed by atoms with Crippen molar-refractivity contribution in [3.8, 4) is 23.4 Å². The van der Waals surface area contributed by atoms with Gasteiger partial charge in [-0.05, 0) is 35.9 Å². The molecule has 2 aromatic carbocycles. The van der Waals surface area contributed by atoms with Gasteiger partial charge in [0.25, 0.3) is 5.56 Å². The van der Waals surface area contributed by atoms with E-state index in [0.29, 0.717) is 27.6 Å². The lowest BCUT2D eigenvalue weighted by molar-refractivity contribution is 0.651. The van der Waals surface area contributed by atoms with Crippen LogP contribution in [0.3, 0.4) is 0 Å². The molecule has 2 heterocycles. The van der Waals surface area contributed by atoms with Gasteiger partial charge in [-0.15, -0.1) is 0 Å². The number of fused-ring (bicyclic) bond motifs is 1. The third kappa shape index (κ3) is 3.00. The van der Waals surface area contributed by atoms with Crippen LogP contribution < -0.4 is 5.56 Å². The molecule has 6 nitrogen and oxygen atoms in total. The van der Waals surface area contributed by atoms with E-state index in [2.05, 4.69) is 22.2 Å². The zero-order valence-electron chi connectivity index (χ0n) is 14.7. The van der Waals surface area contributed by atoms with Gasteiger partial charge in [-0.1, -0.05) is 30.3 Å². The minimum Gasteiger partial charge on any atom is -0.267 e. The lowest BCUT2D eigenvalue weighted by atomic mass is 10.0. The Hall–Kier alpha value is -4.29. The summed E-state index contributed by atoms with van der Waals surface area (Å²) in [6.07, 6.45) is 1.55. The van der Waals surface area contributed by atoms with Gasteiger partial charge in [0.05, 0.1) is 23.6 Å². The maximum atomic E-state index is 13.0. The second kappa shape index (κ2) is 7.14. The summed E-state index contributed by atoms with van der Waals surface area (Å²) in [6, 6.07) is 21.9. The van der Waals surface area contributed by atoms with Crippen LogP contribution in [0.25, 0.3) is 22.0 Å². The first kappa shape index (κ1) is 17.1. The van der Waals surface area contributed by atoms with Crippen molar-refractivity contribution in [3.63, 3.8) is 0 Å². The first-order valence-corrected chi connectivity index (χ1v) is 8.55. The number of benzene rings is 2. The van der Waals surface area contributed by atoms with Gasteiger partial charge in [-0.2, -0.15) is 15.6 Å². The van der Waals surface area contributed by atoms with Crippen LogP contribution >= 0.6 is 0 Å². The molecule has 28 heavy (non-hydrogen) atoms. The number of rotatable bonds is 3. The van der Waals surface area contributed by atoms with E-state index in [1.807, 2.05) is 12.1 Å². The van der Waals surface area contributed by atoms with Gasteiger partial charge in [-0.3, -0.25) is 4.79 Å². The molecule has 0 amide bonds. The zero-order valence-corrected chi connectivity index (χ0v) is 14.7. The molecule has 0 spiro atoms. The molecule has 4 rings (SSSR count). The smallest absolute Gasteiger partial charge is 0.267 e. The van der Waals surface area contributed by atoms with E-state index in [4.69, 9.17) is 5.26 Å². The van der Waals surface area contributed by atoms with Crippen LogP contribution in [0.4, 0.5) is 0 Å². The van der Waals surface area contributed by atoms with Gasteiger partial charge in [0, 0.05) is 17.1 Å². The third-order valence-corrected chi connectivity index (χ3v) is 4.45. The quantitative estimate of drug-likeness (QED) is 0.557. The molecule has 2 aromatic heterocycles. The van der Waals surface area contributed by atoms with E-state index >= 15 is 0 Å². The van der Waals surface area contributed by atoms with Crippen molar-refractivity contribution in [2.75, 3.05) is 0 Å². The number of hydrogen-bond donors (Lipinski definition) is 0. The van der Waals surface area contributed by atoms with E-state index in [-0.39, 0.29) is 17.8 Å². The largest absolute Gasteiger partial charge is 0.274 e. The molecule has 0 fully saturated rings. The van der Waals surface area contributed by atoms with Crippen molar-refractivity contribution in [1.29, 1.82) is 10.5 Å². The summed E-state index contributed by atoms with van der Waals surface area (Å²) in [5.74, 6) is 0. The summed E-state index contributed by atoms with van der Waals surface area (Å²) in [5.41, 5.74) is 2.55. The van der Waals surface area contributed by atoms with Crippen molar-refractivity contribution >= 4 is 10.8 Å². The Morgan fingerprint density at radius 1 is 0.893 bits per heavy atom. The van der Waals surface area contributed by atoms with Gasteiger partial charge in [-0.25, -0.2) is 9.67 Å². The van der Waals surface area contributed by atoms with Crippen molar-refractivity contribution in [2.24, 2.45) is 0 Å². The summed E-state index contributed by atoms with van der Waals surface area (Å²) >= 11 is 0. The highest BCUT2D eigenvalue weighted by atomic mass is 16.1. The summed E-state index contributed by atoms with van der Waals surface area (Å²) in [6.45, 7) is 0.254. The number of hydrogen-bond acceptors (Lipinski definition) is 5. The van der Waals surface area contributed by atoms with Crippen LogP contribution in [0.1, 0.15) is 16.8 Å².